The van der Waals surface area contributed by atoms with Crippen molar-refractivity contribution in [2.24, 2.45) is 0 Å². The van der Waals surface area contributed by atoms with Crippen molar-refractivity contribution in [3.8, 4) is 5.75 Å². The van der Waals surface area contributed by atoms with E-state index in [4.69, 9.17) is 4.74 Å². The monoisotopic (exact) mass is 338 g/mol. The molecule has 1 aromatic carbocycles. The summed E-state index contributed by atoms with van der Waals surface area (Å²) in [7, 11) is 0. The third kappa shape index (κ3) is 4.85. The molecule has 2 bridgehead atoms. The first-order valence-corrected chi connectivity index (χ1v) is 8.35. The molecule has 2 N–H and O–H groups in total. The number of hydrogen-bond donors (Lipinski definition) is 2. The van der Waals surface area contributed by atoms with Gasteiger partial charge in [0.15, 0.2) is 0 Å². The lowest BCUT2D eigenvalue weighted by atomic mass is 10.00. The maximum Gasteiger partial charge on any atom is 0.223 e. The van der Waals surface area contributed by atoms with Gasteiger partial charge in [-0.25, -0.2) is 0 Å². The Morgan fingerprint density at radius 1 is 1.22 bits per heavy atom. The molecule has 0 spiro atoms. The van der Waals surface area contributed by atoms with Crippen LogP contribution in [0.1, 0.15) is 43.2 Å². The van der Waals surface area contributed by atoms with Crippen LogP contribution in [-0.2, 0) is 4.79 Å². The van der Waals surface area contributed by atoms with Crippen molar-refractivity contribution in [2.75, 3.05) is 6.61 Å². The number of piperidine rings is 1. The van der Waals surface area contributed by atoms with Crippen LogP contribution in [0.25, 0.3) is 0 Å². The minimum absolute atomic E-state index is 0. The normalized spacial score (nSPS) is 25.6. The molecule has 2 atom stereocenters. The molecule has 2 heterocycles. The Bertz CT molecular complexity index is 538. The van der Waals surface area contributed by atoms with Gasteiger partial charge in [-0.15, -0.1) is 12.4 Å². The van der Waals surface area contributed by atoms with Gasteiger partial charge in [0.25, 0.3) is 0 Å². The largest absolute Gasteiger partial charge is 0.493 e. The molecule has 2 aliphatic rings. The Kier molecular flexibility index (Phi) is 6.31. The number of carbonyl (C=O) groups excluding carboxylic acids is 1. The standard InChI is InChI=1S/C18H26N2O2.ClH/c1-12-3-6-17(9-13(12)2)22-8-7-18(21)20-16-10-14-4-5-15(11-16)19-14;/h3,6,9,14-16,19H,4-5,7-8,10-11H2,1-2H3,(H,20,21);1H. The van der Waals surface area contributed by atoms with Gasteiger partial charge < -0.3 is 15.4 Å². The molecular weight excluding hydrogens is 312 g/mol. The van der Waals surface area contributed by atoms with Crippen LogP contribution in [0.2, 0.25) is 0 Å². The smallest absolute Gasteiger partial charge is 0.223 e. The van der Waals surface area contributed by atoms with E-state index in [2.05, 4.69) is 30.5 Å². The molecule has 1 amide bonds. The zero-order valence-electron chi connectivity index (χ0n) is 13.9. The van der Waals surface area contributed by atoms with Crippen molar-refractivity contribution in [3.63, 3.8) is 0 Å². The first-order valence-electron chi connectivity index (χ1n) is 8.35. The van der Waals surface area contributed by atoms with Crippen molar-refractivity contribution >= 4 is 18.3 Å². The Balaban J connectivity index is 0.00000192. The molecule has 1 aromatic rings. The lowest BCUT2D eigenvalue weighted by Gasteiger charge is -2.29. The van der Waals surface area contributed by atoms with Crippen LogP contribution >= 0.6 is 12.4 Å². The van der Waals surface area contributed by atoms with Crippen molar-refractivity contribution in [1.82, 2.24) is 10.6 Å². The fourth-order valence-electron chi connectivity index (χ4n) is 3.54. The number of carbonyl (C=O) groups is 1. The number of rotatable bonds is 5. The molecule has 2 fully saturated rings. The van der Waals surface area contributed by atoms with Crippen LogP contribution in [0.3, 0.4) is 0 Å². The highest BCUT2D eigenvalue weighted by molar-refractivity contribution is 5.85. The summed E-state index contributed by atoms with van der Waals surface area (Å²) in [5.74, 6) is 0.950. The first-order chi connectivity index (χ1) is 10.6. The molecule has 0 aliphatic carbocycles. The van der Waals surface area contributed by atoms with E-state index < -0.39 is 0 Å². The third-order valence-corrected chi connectivity index (χ3v) is 4.91. The van der Waals surface area contributed by atoms with Gasteiger partial charge in [0.1, 0.15) is 5.75 Å². The Hall–Kier alpha value is -1.26. The molecule has 128 valence electrons. The third-order valence-electron chi connectivity index (χ3n) is 4.91. The number of ether oxygens (including phenoxy) is 1. The topological polar surface area (TPSA) is 50.4 Å². The SMILES string of the molecule is Cc1ccc(OCCC(=O)NC2CC3CCC(C2)N3)cc1C.Cl. The number of aryl methyl sites for hydroxylation is 2. The summed E-state index contributed by atoms with van der Waals surface area (Å²) in [5.41, 5.74) is 2.47. The van der Waals surface area contributed by atoms with Gasteiger partial charge >= 0.3 is 0 Å². The second-order valence-electron chi connectivity index (χ2n) is 6.72. The molecule has 2 aliphatic heterocycles. The van der Waals surface area contributed by atoms with Gasteiger partial charge in [-0.1, -0.05) is 6.07 Å². The van der Waals surface area contributed by atoms with Crippen LogP contribution in [-0.4, -0.2) is 30.6 Å². The Morgan fingerprint density at radius 3 is 2.57 bits per heavy atom. The average molecular weight is 339 g/mol. The van der Waals surface area contributed by atoms with Gasteiger partial charge in [0, 0.05) is 18.1 Å². The molecule has 3 rings (SSSR count). The molecule has 0 saturated carbocycles. The lowest BCUT2D eigenvalue weighted by Crippen LogP contribution is -2.48. The highest BCUT2D eigenvalue weighted by atomic mass is 35.5. The van der Waals surface area contributed by atoms with E-state index in [1.54, 1.807) is 0 Å². The second-order valence-corrected chi connectivity index (χ2v) is 6.72. The number of fused-ring (bicyclic) bond motifs is 2. The number of amides is 1. The highest BCUT2D eigenvalue weighted by Crippen LogP contribution is 2.26. The molecule has 23 heavy (non-hydrogen) atoms. The van der Waals surface area contributed by atoms with Crippen LogP contribution < -0.4 is 15.4 Å². The van der Waals surface area contributed by atoms with E-state index in [1.165, 1.54) is 24.0 Å². The lowest BCUT2D eigenvalue weighted by molar-refractivity contribution is -0.122. The maximum absolute atomic E-state index is 12.0. The average Bonchev–Trinajstić information content (AvgIpc) is 2.82. The van der Waals surface area contributed by atoms with Gasteiger partial charge in [-0.05, 0) is 62.8 Å². The summed E-state index contributed by atoms with van der Waals surface area (Å²) in [6.45, 7) is 4.59. The molecule has 0 radical (unpaired) electrons. The van der Waals surface area contributed by atoms with E-state index in [9.17, 15) is 4.79 Å². The number of hydrogen-bond acceptors (Lipinski definition) is 3. The number of benzene rings is 1. The summed E-state index contributed by atoms with van der Waals surface area (Å²) in [5, 5.41) is 6.76. The molecule has 4 nitrogen and oxygen atoms in total. The predicted octanol–water partition coefficient (Wildman–Crippen LogP) is 2.89. The second kappa shape index (κ2) is 8.02. The van der Waals surface area contributed by atoms with Crippen molar-refractivity contribution in [3.05, 3.63) is 29.3 Å². The maximum atomic E-state index is 12.0. The van der Waals surface area contributed by atoms with Crippen molar-refractivity contribution < 1.29 is 9.53 Å². The van der Waals surface area contributed by atoms with Crippen molar-refractivity contribution in [1.29, 1.82) is 0 Å². The van der Waals surface area contributed by atoms with Gasteiger partial charge in [-0.2, -0.15) is 0 Å². The fraction of sp³-hybridized carbons (Fsp3) is 0.611. The minimum atomic E-state index is 0. The Morgan fingerprint density at radius 2 is 1.91 bits per heavy atom. The van der Waals surface area contributed by atoms with Gasteiger partial charge in [-0.3, -0.25) is 4.79 Å². The first kappa shape index (κ1) is 18.1. The summed E-state index contributed by atoms with van der Waals surface area (Å²) < 4.78 is 5.68. The summed E-state index contributed by atoms with van der Waals surface area (Å²) >= 11 is 0. The van der Waals surface area contributed by atoms with E-state index in [1.807, 2.05) is 12.1 Å². The van der Waals surface area contributed by atoms with Crippen LogP contribution in [0, 0.1) is 13.8 Å². The van der Waals surface area contributed by atoms with Crippen LogP contribution in [0.15, 0.2) is 18.2 Å². The molecular formula is C18H27ClN2O2. The summed E-state index contributed by atoms with van der Waals surface area (Å²) in [4.78, 5) is 12.0. The molecule has 2 unspecified atom stereocenters. The van der Waals surface area contributed by atoms with E-state index >= 15 is 0 Å². The Labute approximate surface area is 144 Å². The summed E-state index contributed by atoms with van der Waals surface area (Å²) in [6, 6.07) is 7.59. The zero-order chi connectivity index (χ0) is 15.5. The molecule has 2 saturated heterocycles. The number of nitrogens with one attached hydrogen (secondary N) is 2. The van der Waals surface area contributed by atoms with Gasteiger partial charge in [0.2, 0.25) is 5.91 Å². The predicted molar refractivity (Wildman–Crippen MR) is 94.4 cm³/mol. The van der Waals surface area contributed by atoms with E-state index in [0.29, 0.717) is 31.2 Å². The fourth-order valence-corrected chi connectivity index (χ4v) is 3.54. The van der Waals surface area contributed by atoms with E-state index in [0.717, 1.165) is 18.6 Å². The van der Waals surface area contributed by atoms with E-state index in [-0.39, 0.29) is 18.3 Å². The zero-order valence-corrected chi connectivity index (χ0v) is 14.7. The van der Waals surface area contributed by atoms with Crippen molar-refractivity contribution in [2.45, 2.75) is 64.1 Å². The van der Waals surface area contributed by atoms with Gasteiger partial charge in [0.05, 0.1) is 13.0 Å². The van der Waals surface area contributed by atoms with Crippen LogP contribution in [0.4, 0.5) is 0 Å². The molecule has 5 heteroatoms. The highest BCUT2D eigenvalue weighted by Gasteiger charge is 2.33. The summed E-state index contributed by atoms with van der Waals surface area (Å²) in [6.07, 6.45) is 5.08. The quantitative estimate of drug-likeness (QED) is 0.868. The van der Waals surface area contributed by atoms with Crippen LogP contribution in [0.5, 0.6) is 5.75 Å². The number of halogens is 1. The molecule has 0 aromatic heterocycles. The minimum Gasteiger partial charge on any atom is -0.493 e.